The highest BCUT2D eigenvalue weighted by Crippen LogP contribution is 2.18. The molecule has 3 rings (SSSR count). The lowest BCUT2D eigenvalue weighted by atomic mass is 10.3. The summed E-state index contributed by atoms with van der Waals surface area (Å²) < 4.78 is 4.17. The fraction of sp³-hybridized carbons (Fsp3) is 0.200. The van der Waals surface area contributed by atoms with Crippen molar-refractivity contribution in [2.45, 2.75) is 13.5 Å². The van der Waals surface area contributed by atoms with Gasteiger partial charge in [-0.2, -0.15) is 0 Å². The highest BCUT2D eigenvalue weighted by Gasteiger charge is 2.09. The molecule has 2 aromatic heterocycles. The van der Waals surface area contributed by atoms with Gasteiger partial charge >= 0.3 is 0 Å². The van der Waals surface area contributed by atoms with Gasteiger partial charge in [0.25, 0.3) is 0 Å². The van der Waals surface area contributed by atoms with E-state index in [1.807, 2.05) is 16.5 Å². The zero-order valence-corrected chi connectivity index (χ0v) is 7.88. The standard InChI is InChI=1S/C10H10N4/c1-2-13-8-5-3-4-6-9(8)14-7-11-12-10(13)14/h3-7H,2H2,1H3. The largest absolute Gasteiger partial charge is 0.309 e. The van der Waals surface area contributed by atoms with Crippen molar-refractivity contribution < 1.29 is 0 Å². The summed E-state index contributed by atoms with van der Waals surface area (Å²) >= 11 is 0. The smallest absolute Gasteiger partial charge is 0.236 e. The minimum absolute atomic E-state index is 0.911. The summed E-state index contributed by atoms with van der Waals surface area (Å²) in [5.41, 5.74) is 2.37. The van der Waals surface area contributed by atoms with Crippen LogP contribution in [0.3, 0.4) is 0 Å². The number of hydrogen-bond donors (Lipinski definition) is 0. The molecule has 0 bridgehead atoms. The van der Waals surface area contributed by atoms with Crippen LogP contribution in [0, 0.1) is 0 Å². The Morgan fingerprint density at radius 2 is 2.00 bits per heavy atom. The molecule has 4 nitrogen and oxygen atoms in total. The number of aryl methyl sites for hydroxylation is 1. The summed E-state index contributed by atoms with van der Waals surface area (Å²) in [6, 6.07) is 8.26. The molecule has 1 aromatic carbocycles. The zero-order chi connectivity index (χ0) is 9.54. The Labute approximate surface area is 80.8 Å². The number of hydrogen-bond acceptors (Lipinski definition) is 2. The molecule has 3 aromatic rings. The molecule has 0 aliphatic heterocycles. The van der Waals surface area contributed by atoms with Crippen molar-refractivity contribution in [2.24, 2.45) is 0 Å². The van der Waals surface area contributed by atoms with Crippen LogP contribution in [-0.4, -0.2) is 19.2 Å². The van der Waals surface area contributed by atoms with E-state index in [4.69, 9.17) is 0 Å². The van der Waals surface area contributed by atoms with Gasteiger partial charge in [0.1, 0.15) is 6.33 Å². The van der Waals surface area contributed by atoms with Crippen molar-refractivity contribution in [3.63, 3.8) is 0 Å². The molecular weight excluding hydrogens is 176 g/mol. The fourth-order valence-corrected chi connectivity index (χ4v) is 1.90. The second kappa shape index (κ2) is 2.57. The second-order valence-corrected chi connectivity index (χ2v) is 3.23. The topological polar surface area (TPSA) is 35.1 Å². The van der Waals surface area contributed by atoms with Crippen LogP contribution in [0.4, 0.5) is 0 Å². The summed E-state index contributed by atoms with van der Waals surface area (Å²) in [6.45, 7) is 3.02. The number of benzene rings is 1. The van der Waals surface area contributed by atoms with Crippen LogP contribution >= 0.6 is 0 Å². The van der Waals surface area contributed by atoms with Gasteiger partial charge in [-0.25, -0.2) is 0 Å². The lowest BCUT2D eigenvalue weighted by Crippen LogP contribution is -1.94. The van der Waals surface area contributed by atoms with E-state index in [1.54, 1.807) is 6.33 Å². The first-order chi connectivity index (χ1) is 6.92. The van der Waals surface area contributed by atoms with E-state index in [1.165, 1.54) is 5.52 Å². The number of imidazole rings is 1. The minimum Gasteiger partial charge on any atom is -0.309 e. The molecule has 0 saturated heterocycles. The lowest BCUT2D eigenvalue weighted by Gasteiger charge is -1.97. The van der Waals surface area contributed by atoms with Crippen LogP contribution < -0.4 is 0 Å². The van der Waals surface area contributed by atoms with Gasteiger partial charge in [0.05, 0.1) is 11.0 Å². The van der Waals surface area contributed by atoms with Crippen molar-refractivity contribution in [3.8, 4) is 0 Å². The molecule has 0 aliphatic carbocycles. The minimum atomic E-state index is 0.911. The molecule has 14 heavy (non-hydrogen) atoms. The maximum atomic E-state index is 4.10. The predicted octanol–water partition coefficient (Wildman–Crippen LogP) is 1.70. The van der Waals surface area contributed by atoms with Crippen LogP contribution in [0.25, 0.3) is 16.8 Å². The highest BCUT2D eigenvalue weighted by molar-refractivity contribution is 5.80. The van der Waals surface area contributed by atoms with Gasteiger partial charge in [-0.15, -0.1) is 10.2 Å². The molecule has 2 heterocycles. The fourth-order valence-electron chi connectivity index (χ4n) is 1.90. The van der Waals surface area contributed by atoms with Gasteiger partial charge in [-0.3, -0.25) is 4.40 Å². The van der Waals surface area contributed by atoms with Crippen molar-refractivity contribution >= 4 is 16.8 Å². The predicted molar refractivity (Wildman–Crippen MR) is 54.2 cm³/mol. The molecular formula is C10H10N4. The van der Waals surface area contributed by atoms with Gasteiger partial charge in [-0.1, -0.05) is 12.1 Å². The molecule has 4 heteroatoms. The Balaban J connectivity index is 2.62. The molecule has 0 atom stereocenters. The third-order valence-electron chi connectivity index (χ3n) is 2.52. The van der Waals surface area contributed by atoms with Crippen LogP contribution in [0.15, 0.2) is 30.6 Å². The van der Waals surface area contributed by atoms with E-state index in [2.05, 4.69) is 33.8 Å². The average molecular weight is 186 g/mol. The van der Waals surface area contributed by atoms with Gasteiger partial charge in [0.15, 0.2) is 0 Å². The van der Waals surface area contributed by atoms with E-state index in [0.29, 0.717) is 0 Å². The Morgan fingerprint density at radius 1 is 1.21 bits per heavy atom. The van der Waals surface area contributed by atoms with E-state index >= 15 is 0 Å². The number of nitrogens with zero attached hydrogens (tertiary/aromatic N) is 4. The summed E-state index contributed by atoms with van der Waals surface area (Å²) in [5.74, 6) is 0.911. The average Bonchev–Trinajstić information content (AvgIpc) is 2.77. The van der Waals surface area contributed by atoms with Gasteiger partial charge in [0, 0.05) is 6.54 Å². The first-order valence-electron chi connectivity index (χ1n) is 4.69. The van der Waals surface area contributed by atoms with Crippen LogP contribution in [0.1, 0.15) is 6.92 Å². The third-order valence-corrected chi connectivity index (χ3v) is 2.52. The summed E-state index contributed by atoms with van der Waals surface area (Å²) in [4.78, 5) is 0. The molecule has 0 fully saturated rings. The highest BCUT2D eigenvalue weighted by atomic mass is 15.3. The summed E-state index contributed by atoms with van der Waals surface area (Å²) in [5, 5.41) is 8.01. The van der Waals surface area contributed by atoms with E-state index in [9.17, 15) is 0 Å². The molecule has 70 valence electrons. The third kappa shape index (κ3) is 0.775. The maximum absolute atomic E-state index is 4.10. The summed E-state index contributed by atoms with van der Waals surface area (Å²) in [7, 11) is 0. The Morgan fingerprint density at radius 3 is 2.79 bits per heavy atom. The van der Waals surface area contributed by atoms with Gasteiger partial charge < -0.3 is 4.57 Å². The first kappa shape index (κ1) is 7.55. The van der Waals surface area contributed by atoms with E-state index in [-0.39, 0.29) is 0 Å². The number of fused-ring (bicyclic) bond motifs is 3. The molecule has 0 unspecified atom stereocenters. The number of rotatable bonds is 1. The first-order valence-corrected chi connectivity index (χ1v) is 4.69. The Hall–Kier alpha value is -1.84. The number of para-hydroxylation sites is 2. The zero-order valence-electron chi connectivity index (χ0n) is 7.88. The van der Waals surface area contributed by atoms with Crippen LogP contribution in [0.2, 0.25) is 0 Å². The quantitative estimate of drug-likeness (QED) is 0.579. The van der Waals surface area contributed by atoms with Crippen LogP contribution in [0.5, 0.6) is 0 Å². The van der Waals surface area contributed by atoms with Crippen molar-refractivity contribution in [2.75, 3.05) is 0 Å². The van der Waals surface area contributed by atoms with Crippen molar-refractivity contribution in [1.29, 1.82) is 0 Å². The Bertz CT molecular complexity index is 590. The molecule has 0 radical (unpaired) electrons. The molecule has 0 saturated carbocycles. The van der Waals surface area contributed by atoms with E-state index < -0.39 is 0 Å². The second-order valence-electron chi connectivity index (χ2n) is 3.23. The lowest BCUT2D eigenvalue weighted by molar-refractivity contribution is 0.803. The number of aromatic nitrogens is 4. The molecule has 0 amide bonds. The van der Waals surface area contributed by atoms with Crippen molar-refractivity contribution in [3.05, 3.63) is 30.6 Å². The van der Waals surface area contributed by atoms with Gasteiger partial charge in [0.2, 0.25) is 5.78 Å². The normalized spacial score (nSPS) is 11.5. The molecule has 0 N–H and O–H groups in total. The SMILES string of the molecule is CCn1c2ccccc2n2cnnc12. The van der Waals surface area contributed by atoms with Gasteiger partial charge in [-0.05, 0) is 19.1 Å². The summed E-state index contributed by atoms with van der Waals surface area (Å²) in [6.07, 6.45) is 1.75. The van der Waals surface area contributed by atoms with Crippen LogP contribution in [-0.2, 0) is 6.54 Å². The Kier molecular flexibility index (Phi) is 1.39. The molecule has 0 spiro atoms. The van der Waals surface area contributed by atoms with Crippen molar-refractivity contribution in [1.82, 2.24) is 19.2 Å². The molecule has 0 aliphatic rings. The maximum Gasteiger partial charge on any atom is 0.236 e. The van der Waals surface area contributed by atoms with E-state index in [0.717, 1.165) is 17.8 Å². The monoisotopic (exact) mass is 186 g/mol.